The lowest BCUT2D eigenvalue weighted by molar-refractivity contribution is 0.456. The topological polar surface area (TPSA) is 34.2 Å². The minimum Gasteiger partial charge on any atom is -0.439 e. The van der Waals surface area contributed by atoms with Crippen molar-refractivity contribution in [1.29, 1.82) is 0 Å². The first-order chi connectivity index (χ1) is 10.1. The molecule has 0 saturated carbocycles. The molecular weight excluding hydrogens is 260 g/mol. The lowest BCUT2D eigenvalue weighted by Gasteiger charge is -2.15. The van der Waals surface area contributed by atoms with Crippen LogP contribution in [0, 0.1) is 13.8 Å². The molecule has 3 nitrogen and oxygen atoms in total. The Bertz CT molecular complexity index is 596. The minimum absolute atomic E-state index is 0.300. The van der Waals surface area contributed by atoms with Crippen LogP contribution in [0.2, 0.25) is 0 Å². The molecule has 1 unspecified atom stereocenters. The average Bonchev–Trinajstić information content (AvgIpc) is 2.49. The van der Waals surface area contributed by atoms with Crippen molar-refractivity contribution in [2.45, 2.75) is 40.2 Å². The second-order valence-electron chi connectivity index (χ2n) is 5.47. The van der Waals surface area contributed by atoms with Crippen molar-refractivity contribution in [3.63, 3.8) is 0 Å². The molecule has 0 fully saturated rings. The van der Waals surface area contributed by atoms with E-state index >= 15 is 0 Å². The van der Waals surface area contributed by atoms with Gasteiger partial charge in [-0.15, -0.1) is 0 Å². The fraction of sp³-hybridized carbons (Fsp3) is 0.389. The minimum atomic E-state index is 0.300. The Kier molecular flexibility index (Phi) is 5.34. The summed E-state index contributed by atoms with van der Waals surface area (Å²) in [5.41, 5.74) is 3.49. The quantitative estimate of drug-likeness (QED) is 0.845. The zero-order chi connectivity index (χ0) is 15.2. The van der Waals surface area contributed by atoms with Gasteiger partial charge < -0.3 is 10.1 Å². The second kappa shape index (κ2) is 7.23. The van der Waals surface area contributed by atoms with Gasteiger partial charge >= 0.3 is 0 Å². The fourth-order valence-electron chi connectivity index (χ4n) is 2.16. The van der Waals surface area contributed by atoms with Crippen molar-refractivity contribution in [3.8, 4) is 11.6 Å². The molecule has 0 aliphatic rings. The highest BCUT2D eigenvalue weighted by molar-refractivity contribution is 5.38. The van der Waals surface area contributed by atoms with Gasteiger partial charge in [0.1, 0.15) is 5.75 Å². The van der Waals surface area contributed by atoms with E-state index in [1.807, 2.05) is 25.1 Å². The Balaban J connectivity index is 2.15. The Hall–Kier alpha value is -1.87. The second-order valence-corrected chi connectivity index (χ2v) is 5.47. The maximum absolute atomic E-state index is 5.95. The van der Waals surface area contributed by atoms with Gasteiger partial charge in [0, 0.05) is 18.3 Å². The van der Waals surface area contributed by atoms with E-state index in [1.165, 1.54) is 11.1 Å². The molecular formula is C18H24N2O. The molecule has 3 heteroatoms. The summed E-state index contributed by atoms with van der Waals surface area (Å²) in [5, 5.41) is 3.48. The van der Waals surface area contributed by atoms with Crippen LogP contribution >= 0.6 is 0 Å². The molecule has 1 heterocycles. The van der Waals surface area contributed by atoms with Crippen molar-refractivity contribution in [2.24, 2.45) is 0 Å². The molecule has 2 rings (SSSR count). The molecule has 0 bridgehead atoms. The largest absolute Gasteiger partial charge is 0.439 e. The molecule has 0 spiro atoms. The predicted molar refractivity (Wildman–Crippen MR) is 86.9 cm³/mol. The Morgan fingerprint density at radius 2 is 2.00 bits per heavy atom. The predicted octanol–water partition coefficient (Wildman–Crippen LogP) is 4.55. The number of hydrogen-bond donors (Lipinski definition) is 1. The van der Waals surface area contributed by atoms with E-state index in [4.69, 9.17) is 4.74 Å². The number of nitrogens with zero attached hydrogens (tertiary/aromatic N) is 1. The number of aryl methyl sites for hydroxylation is 2. The average molecular weight is 284 g/mol. The zero-order valence-corrected chi connectivity index (χ0v) is 13.3. The van der Waals surface area contributed by atoms with Crippen LogP contribution in [0.4, 0.5) is 0 Å². The molecule has 2 aromatic rings. The van der Waals surface area contributed by atoms with Crippen LogP contribution < -0.4 is 10.1 Å². The molecule has 21 heavy (non-hydrogen) atoms. The Morgan fingerprint density at radius 1 is 1.19 bits per heavy atom. The summed E-state index contributed by atoms with van der Waals surface area (Å²) in [5.74, 6) is 1.51. The maximum Gasteiger partial charge on any atom is 0.219 e. The number of rotatable bonds is 6. The van der Waals surface area contributed by atoms with Crippen LogP contribution in [-0.2, 0) is 0 Å². The first-order valence-corrected chi connectivity index (χ1v) is 7.54. The highest BCUT2D eigenvalue weighted by Gasteiger charge is 2.08. The fourth-order valence-corrected chi connectivity index (χ4v) is 2.16. The van der Waals surface area contributed by atoms with Crippen LogP contribution in [0.5, 0.6) is 11.6 Å². The summed E-state index contributed by atoms with van der Waals surface area (Å²) in [6.45, 7) is 9.45. The van der Waals surface area contributed by atoms with Crippen molar-refractivity contribution in [2.75, 3.05) is 6.54 Å². The van der Waals surface area contributed by atoms with Gasteiger partial charge in [-0.2, -0.15) is 0 Å². The van der Waals surface area contributed by atoms with Crippen LogP contribution in [0.3, 0.4) is 0 Å². The van der Waals surface area contributed by atoms with Gasteiger partial charge in [-0.3, -0.25) is 0 Å². The summed E-state index contributed by atoms with van der Waals surface area (Å²) in [6, 6.07) is 10.5. The Labute approximate surface area is 127 Å². The van der Waals surface area contributed by atoms with E-state index in [-0.39, 0.29) is 0 Å². The number of aromatic nitrogens is 1. The number of hydrogen-bond acceptors (Lipinski definition) is 3. The molecule has 1 aromatic heterocycles. The number of benzene rings is 1. The van der Waals surface area contributed by atoms with E-state index in [0.717, 1.165) is 24.3 Å². The number of ether oxygens (including phenoxy) is 1. The Morgan fingerprint density at radius 3 is 2.76 bits per heavy atom. The first kappa shape index (κ1) is 15.5. The van der Waals surface area contributed by atoms with Crippen molar-refractivity contribution < 1.29 is 4.74 Å². The highest BCUT2D eigenvalue weighted by atomic mass is 16.5. The third-order valence-corrected chi connectivity index (χ3v) is 3.52. The van der Waals surface area contributed by atoms with Gasteiger partial charge in [0.25, 0.3) is 0 Å². The molecule has 1 N–H and O–H groups in total. The van der Waals surface area contributed by atoms with Crippen LogP contribution in [0.1, 0.15) is 43.0 Å². The van der Waals surface area contributed by atoms with Gasteiger partial charge in [0.2, 0.25) is 5.88 Å². The van der Waals surface area contributed by atoms with Crippen LogP contribution in [-0.4, -0.2) is 11.5 Å². The van der Waals surface area contributed by atoms with Gasteiger partial charge in [-0.05, 0) is 62.6 Å². The summed E-state index contributed by atoms with van der Waals surface area (Å²) >= 11 is 0. The van der Waals surface area contributed by atoms with Crippen molar-refractivity contribution in [1.82, 2.24) is 10.3 Å². The lowest BCUT2D eigenvalue weighted by Crippen LogP contribution is -2.19. The number of pyridine rings is 1. The third kappa shape index (κ3) is 4.30. The SMILES string of the molecule is CCCNC(C)c1ccnc(Oc2cc(C)ccc2C)c1. The van der Waals surface area contributed by atoms with Gasteiger partial charge in [0.05, 0.1) is 0 Å². The standard InChI is InChI=1S/C18H24N2O/c1-5-9-19-15(4)16-8-10-20-18(12-16)21-17-11-13(2)6-7-14(17)3/h6-8,10-12,15,19H,5,9H2,1-4H3. The lowest BCUT2D eigenvalue weighted by atomic mass is 10.1. The maximum atomic E-state index is 5.95. The van der Waals surface area contributed by atoms with Crippen LogP contribution in [0.25, 0.3) is 0 Å². The van der Waals surface area contributed by atoms with Gasteiger partial charge in [0.15, 0.2) is 0 Å². The summed E-state index contributed by atoms with van der Waals surface area (Å²) < 4.78 is 5.95. The molecule has 0 aliphatic heterocycles. The summed E-state index contributed by atoms with van der Waals surface area (Å²) in [7, 11) is 0. The summed E-state index contributed by atoms with van der Waals surface area (Å²) in [4.78, 5) is 4.32. The molecule has 0 saturated heterocycles. The molecule has 1 aromatic carbocycles. The first-order valence-electron chi connectivity index (χ1n) is 7.54. The monoisotopic (exact) mass is 284 g/mol. The molecule has 0 aliphatic carbocycles. The molecule has 0 radical (unpaired) electrons. The third-order valence-electron chi connectivity index (χ3n) is 3.52. The van der Waals surface area contributed by atoms with E-state index in [0.29, 0.717) is 11.9 Å². The molecule has 112 valence electrons. The van der Waals surface area contributed by atoms with E-state index in [2.05, 4.69) is 43.2 Å². The normalized spacial score (nSPS) is 12.2. The zero-order valence-electron chi connectivity index (χ0n) is 13.3. The van der Waals surface area contributed by atoms with Crippen molar-refractivity contribution >= 4 is 0 Å². The van der Waals surface area contributed by atoms with Crippen molar-refractivity contribution in [3.05, 3.63) is 53.2 Å². The van der Waals surface area contributed by atoms with E-state index < -0.39 is 0 Å². The van der Waals surface area contributed by atoms with Gasteiger partial charge in [-0.1, -0.05) is 19.1 Å². The smallest absolute Gasteiger partial charge is 0.219 e. The highest BCUT2D eigenvalue weighted by Crippen LogP contribution is 2.26. The molecule has 1 atom stereocenters. The van der Waals surface area contributed by atoms with E-state index in [1.54, 1.807) is 6.20 Å². The molecule has 0 amide bonds. The van der Waals surface area contributed by atoms with E-state index in [9.17, 15) is 0 Å². The summed E-state index contributed by atoms with van der Waals surface area (Å²) in [6.07, 6.45) is 2.93. The number of nitrogens with one attached hydrogen (secondary N) is 1. The van der Waals surface area contributed by atoms with Gasteiger partial charge in [-0.25, -0.2) is 4.98 Å². The van der Waals surface area contributed by atoms with Crippen LogP contribution in [0.15, 0.2) is 36.5 Å².